The first-order valence-electron chi connectivity index (χ1n) is 7.32. The van der Waals surface area contributed by atoms with Crippen LogP contribution >= 0.6 is 11.6 Å². The first kappa shape index (κ1) is 15.8. The number of hydrogen-bond acceptors (Lipinski definition) is 4. The molecule has 122 valence electrons. The summed E-state index contributed by atoms with van der Waals surface area (Å²) in [6.07, 6.45) is 1.76. The highest BCUT2D eigenvalue weighted by atomic mass is 35.5. The van der Waals surface area contributed by atoms with Crippen LogP contribution < -0.4 is 10.3 Å². The Morgan fingerprint density at radius 2 is 2.26 bits per heavy atom. The monoisotopic (exact) mass is 338 g/mol. The summed E-state index contributed by atoms with van der Waals surface area (Å²) in [6, 6.07) is 7.61. The minimum absolute atomic E-state index is 0.0323. The number of benzene rings is 1. The molecule has 1 aliphatic heterocycles. The van der Waals surface area contributed by atoms with Gasteiger partial charge in [-0.1, -0.05) is 34.5 Å². The largest absolute Gasteiger partial charge is 0.426 e. The van der Waals surface area contributed by atoms with Gasteiger partial charge in [0.15, 0.2) is 0 Å². The van der Waals surface area contributed by atoms with Gasteiger partial charge in [-0.25, -0.2) is 4.79 Å². The molecule has 1 aromatic carbocycles. The van der Waals surface area contributed by atoms with Crippen molar-refractivity contribution in [2.75, 3.05) is 19.7 Å². The molecule has 1 atom stereocenters. The van der Waals surface area contributed by atoms with E-state index in [0.717, 1.165) is 5.56 Å². The Balaban J connectivity index is 1.60. The quantitative estimate of drug-likeness (QED) is 0.817. The molecule has 23 heavy (non-hydrogen) atoms. The van der Waals surface area contributed by atoms with Crippen LogP contribution in [0, 0.1) is 0 Å². The Morgan fingerprint density at radius 3 is 3.00 bits per heavy atom. The van der Waals surface area contributed by atoms with Gasteiger partial charge >= 0.3 is 5.63 Å². The molecule has 0 aliphatic carbocycles. The van der Waals surface area contributed by atoms with Gasteiger partial charge in [0, 0.05) is 24.5 Å². The number of nitrogens with one attached hydrogen (secondary N) is 1. The zero-order valence-electron chi connectivity index (χ0n) is 12.4. The second-order valence-corrected chi connectivity index (χ2v) is 5.80. The van der Waals surface area contributed by atoms with E-state index in [-0.39, 0.29) is 18.6 Å². The Hall–Kier alpha value is -2.12. The molecule has 0 spiro atoms. The Labute approximate surface area is 137 Å². The number of halogens is 1. The van der Waals surface area contributed by atoms with Crippen molar-refractivity contribution in [2.45, 2.75) is 19.1 Å². The molecule has 1 unspecified atom stereocenters. The van der Waals surface area contributed by atoms with Crippen LogP contribution in [0.2, 0.25) is 5.02 Å². The maximum Gasteiger partial charge on any atom is 0.426 e. The number of aromatic amines is 1. The van der Waals surface area contributed by atoms with E-state index in [1.807, 2.05) is 24.3 Å². The van der Waals surface area contributed by atoms with E-state index in [1.165, 1.54) is 10.9 Å². The fraction of sp³-hybridized carbons (Fsp3) is 0.400. The van der Waals surface area contributed by atoms with Crippen LogP contribution in [0.3, 0.4) is 0 Å². The van der Waals surface area contributed by atoms with Crippen molar-refractivity contribution in [2.24, 2.45) is 0 Å². The highest BCUT2D eigenvalue weighted by Crippen LogP contribution is 2.19. The number of nitrogens with zero attached hydrogens (tertiary/aromatic N) is 2. The fourth-order valence-electron chi connectivity index (χ4n) is 2.59. The molecule has 2 heterocycles. The second kappa shape index (κ2) is 6.97. The van der Waals surface area contributed by atoms with Gasteiger partial charge in [-0.15, -0.1) is 0 Å². The average Bonchev–Trinajstić information content (AvgIpc) is 2.95. The molecule has 1 aliphatic rings. The van der Waals surface area contributed by atoms with Gasteiger partial charge in [0.25, 0.3) is 18.6 Å². The number of amides is 1. The third-order valence-corrected chi connectivity index (χ3v) is 4.10. The van der Waals surface area contributed by atoms with Gasteiger partial charge < -0.3 is 9.64 Å². The zero-order valence-corrected chi connectivity index (χ0v) is 13.2. The summed E-state index contributed by atoms with van der Waals surface area (Å²) in [5.41, 5.74) is 0.485. The lowest BCUT2D eigenvalue weighted by molar-refractivity contribution is -0.751. The molecule has 3 rings (SSSR count). The molecule has 1 saturated heterocycles. The van der Waals surface area contributed by atoms with E-state index in [0.29, 0.717) is 31.1 Å². The minimum Gasteiger partial charge on any atom is -0.374 e. The summed E-state index contributed by atoms with van der Waals surface area (Å²) in [6.45, 7) is 1.53. The number of carbonyl (C=O) groups excluding carboxylic acids is 1. The predicted octanol–water partition coefficient (Wildman–Crippen LogP) is 0.379. The summed E-state index contributed by atoms with van der Waals surface area (Å²) in [5.74, 6) is -0.0977. The highest BCUT2D eigenvalue weighted by molar-refractivity contribution is 6.31. The van der Waals surface area contributed by atoms with Crippen LogP contribution in [0.25, 0.3) is 0 Å². The molecule has 8 heteroatoms. The van der Waals surface area contributed by atoms with Crippen LogP contribution in [0.5, 0.6) is 0 Å². The lowest BCUT2D eigenvalue weighted by atomic mass is 10.1. The molecule has 1 aromatic heterocycles. The van der Waals surface area contributed by atoms with E-state index in [9.17, 15) is 9.59 Å². The lowest BCUT2D eigenvalue weighted by Crippen LogP contribution is -2.51. The number of morpholine rings is 1. The molecule has 0 saturated carbocycles. The van der Waals surface area contributed by atoms with Crippen LogP contribution in [0.1, 0.15) is 5.56 Å². The molecule has 2 aromatic rings. The Morgan fingerprint density at radius 1 is 1.43 bits per heavy atom. The van der Waals surface area contributed by atoms with Crippen molar-refractivity contribution in [3.05, 3.63) is 51.5 Å². The Bertz CT molecular complexity index is 742. The number of hydrogen-bond donors (Lipinski definition) is 1. The Kier molecular flexibility index (Phi) is 4.78. The van der Waals surface area contributed by atoms with Crippen molar-refractivity contribution in [1.82, 2.24) is 10.2 Å². The summed E-state index contributed by atoms with van der Waals surface area (Å²) in [7, 11) is 0. The molecule has 7 nitrogen and oxygen atoms in total. The predicted molar refractivity (Wildman–Crippen MR) is 81.0 cm³/mol. The van der Waals surface area contributed by atoms with Gasteiger partial charge in [0.05, 0.1) is 12.7 Å². The van der Waals surface area contributed by atoms with Crippen molar-refractivity contribution >= 4 is 17.5 Å². The third-order valence-electron chi connectivity index (χ3n) is 3.73. The average molecular weight is 339 g/mol. The molecule has 1 N–H and O–H groups in total. The van der Waals surface area contributed by atoms with E-state index >= 15 is 0 Å². The van der Waals surface area contributed by atoms with Crippen molar-refractivity contribution in [1.29, 1.82) is 0 Å². The normalized spacial score (nSPS) is 18.1. The van der Waals surface area contributed by atoms with E-state index in [1.54, 1.807) is 4.90 Å². The molecule has 1 fully saturated rings. The molecular formula is C15H17ClN3O4+. The van der Waals surface area contributed by atoms with Crippen molar-refractivity contribution < 1.29 is 18.7 Å². The van der Waals surface area contributed by atoms with Crippen molar-refractivity contribution in [3.8, 4) is 0 Å². The van der Waals surface area contributed by atoms with E-state index < -0.39 is 5.63 Å². The molecule has 0 radical (unpaired) electrons. The van der Waals surface area contributed by atoms with Gasteiger partial charge in [0.2, 0.25) is 0 Å². The minimum atomic E-state index is -0.517. The SMILES string of the molecule is O=C(C[n+]1cc(=O)o[nH]1)N1CCOC(Cc2ccccc2Cl)C1. The first-order valence-corrected chi connectivity index (χ1v) is 7.70. The summed E-state index contributed by atoms with van der Waals surface area (Å²) < 4.78 is 11.6. The maximum atomic E-state index is 12.3. The summed E-state index contributed by atoms with van der Waals surface area (Å²) in [4.78, 5) is 25.0. The van der Waals surface area contributed by atoms with Gasteiger partial charge in [-0.2, -0.15) is 0 Å². The maximum absolute atomic E-state index is 12.3. The summed E-state index contributed by atoms with van der Waals surface area (Å²) >= 11 is 6.17. The van der Waals surface area contributed by atoms with Crippen LogP contribution in [-0.4, -0.2) is 41.9 Å². The smallest absolute Gasteiger partial charge is 0.374 e. The standard InChI is InChI=1S/C15H16ClN3O4/c16-13-4-2-1-3-11(13)7-12-8-18(5-6-22-12)14(20)9-19-10-15(21)23-17-19/h1-4,10,12H,5-9H2/p+1. The number of rotatable bonds is 4. The van der Waals surface area contributed by atoms with Crippen molar-refractivity contribution in [3.63, 3.8) is 0 Å². The second-order valence-electron chi connectivity index (χ2n) is 5.40. The van der Waals surface area contributed by atoms with Crippen LogP contribution in [0.15, 0.2) is 39.8 Å². The first-order chi connectivity index (χ1) is 11.1. The summed E-state index contributed by atoms with van der Waals surface area (Å²) in [5, 5.41) is 3.07. The van der Waals surface area contributed by atoms with Gasteiger partial charge in [-0.3, -0.25) is 9.32 Å². The molecule has 0 bridgehead atoms. The number of ether oxygens (including phenoxy) is 1. The van der Waals surface area contributed by atoms with Crippen LogP contribution in [0.4, 0.5) is 0 Å². The van der Waals surface area contributed by atoms with Gasteiger partial charge in [0.1, 0.15) is 0 Å². The lowest BCUT2D eigenvalue weighted by Gasteiger charge is -2.32. The number of H-pyrrole nitrogens is 1. The fourth-order valence-corrected chi connectivity index (χ4v) is 2.80. The number of carbonyl (C=O) groups is 1. The van der Waals surface area contributed by atoms with E-state index in [4.69, 9.17) is 16.3 Å². The van der Waals surface area contributed by atoms with E-state index in [2.05, 4.69) is 9.79 Å². The third kappa shape index (κ3) is 4.00. The highest BCUT2D eigenvalue weighted by Gasteiger charge is 2.27. The molecule has 1 amide bonds. The topological polar surface area (TPSA) is 79.4 Å². The van der Waals surface area contributed by atoms with Crippen LogP contribution in [-0.2, 0) is 22.5 Å². The number of aromatic nitrogens is 2. The zero-order chi connectivity index (χ0) is 16.2. The van der Waals surface area contributed by atoms with Gasteiger partial charge in [-0.05, 0) is 16.9 Å². The molecular weight excluding hydrogens is 322 g/mol.